The predicted molar refractivity (Wildman–Crippen MR) is 134 cm³/mol. The van der Waals surface area contributed by atoms with E-state index >= 15 is 0 Å². The Morgan fingerprint density at radius 3 is 2.56 bits per heavy atom. The maximum Gasteiger partial charge on any atom is 0.414 e. The van der Waals surface area contributed by atoms with E-state index in [1.165, 1.54) is 6.07 Å². The number of hydrogen-bond donors (Lipinski definition) is 1. The van der Waals surface area contributed by atoms with Crippen LogP contribution >= 0.6 is 0 Å². The first-order valence-electron chi connectivity index (χ1n) is 12.2. The van der Waals surface area contributed by atoms with Gasteiger partial charge in [0.1, 0.15) is 6.61 Å². The van der Waals surface area contributed by atoms with Gasteiger partial charge in [0.05, 0.1) is 23.2 Å². The molecule has 2 aromatic carbocycles. The van der Waals surface area contributed by atoms with Gasteiger partial charge in [0, 0.05) is 39.3 Å². The van der Waals surface area contributed by atoms with Crippen molar-refractivity contribution in [3.63, 3.8) is 0 Å². The van der Waals surface area contributed by atoms with E-state index in [2.05, 4.69) is 22.2 Å². The summed E-state index contributed by atoms with van der Waals surface area (Å²) >= 11 is 0. The number of rotatable bonds is 6. The van der Waals surface area contributed by atoms with Gasteiger partial charge in [0.2, 0.25) is 0 Å². The minimum absolute atomic E-state index is 0.0218. The lowest BCUT2D eigenvalue weighted by molar-refractivity contribution is 0.107. The second-order valence-corrected chi connectivity index (χ2v) is 11.3. The fourth-order valence-corrected chi connectivity index (χ4v) is 6.27. The zero-order valence-corrected chi connectivity index (χ0v) is 21.1. The quantitative estimate of drug-likeness (QED) is 0.629. The molecule has 10 nitrogen and oxygen atoms in total. The van der Waals surface area contributed by atoms with Gasteiger partial charge in [-0.25, -0.2) is 22.3 Å². The van der Waals surface area contributed by atoms with Crippen molar-refractivity contribution >= 4 is 27.8 Å². The molecule has 0 spiro atoms. The Bertz CT molecular complexity index is 1230. The Balaban J connectivity index is 1.22. The van der Waals surface area contributed by atoms with Gasteiger partial charge in [-0.05, 0) is 42.8 Å². The topological polar surface area (TPSA) is 102 Å². The molecule has 2 fully saturated rings. The molecule has 0 saturated carbocycles. The average Bonchev–Trinajstić information content (AvgIpc) is 3.49. The Labute approximate surface area is 211 Å². The number of hydrogen-bond acceptors (Lipinski definition) is 7. The van der Waals surface area contributed by atoms with Gasteiger partial charge < -0.3 is 15.0 Å². The van der Waals surface area contributed by atoms with Crippen LogP contribution in [0, 0.1) is 0 Å². The molecule has 36 heavy (non-hydrogen) atoms. The third-order valence-corrected chi connectivity index (χ3v) is 8.80. The van der Waals surface area contributed by atoms with E-state index in [1.54, 1.807) is 17.0 Å². The molecule has 2 aromatic rings. The highest BCUT2D eigenvalue weighted by Crippen LogP contribution is 2.33. The molecule has 192 valence electrons. The number of benzene rings is 2. The number of sulfonamides is 1. The molecule has 0 aliphatic carbocycles. The smallest absolute Gasteiger partial charge is 0.414 e. The molecule has 3 aliphatic rings. The molecule has 1 atom stereocenters. The number of urea groups is 1. The lowest BCUT2D eigenvalue weighted by Crippen LogP contribution is -2.45. The minimum atomic E-state index is -4.04. The summed E-state index contributed by atoms with van der Waals surface area (Å²) in [7, 11) is -1.94. The molecule has 2 saturated heterocycles. The number of nitrogens with zero attached hydrogens (tertiary/aromatic N) is 4. The first kappa shape index (κ1) is 24.5. The third kappa shape index (κ3) is 4.91. The maximum atomic E-state index is 13.3. The zero-order chi connectivity index (χ0) is 25.3. The number of carbonyl (C=O) groups excluding carboxylic acids is 2. The van der Waals surface area contributed by atoms with Crippen molar-refractivity contribution in [2.75, 3.05) is 64.4 Å². The van der Waals surface area contributed by atoms with Gasteiger partial charge in [0.25, 0.3) is 10.0 Å². The van der Waals surface area contributed by atoms with Crippen molar-refractivity contribution in [1.82, 2.24) is 19.4 Å². The summed E-state index contributed by atoms with van der Waals surface area (Å²) in [5.74, 6) is 0. The van der Waals surface area contributed by atoms with Crippen LogP contribution in [0.4, 0.5) is 15.3 Å². The molecule has 0 radical (unpaired) electrons. The second kappa shape index (κ2) is 10.1. The summed E-state index contributed by atoms with van der Waals surface area (Å²) in [5.41, 5.74) is 2.23. The Morgan fingerprint density at radius 1 is 1.06 bits per heavy atom. The molecule has 0 aromatic heterocycles. The fourth-order valence-electron chi connectivity index (χ4n) is 4.86. The number of nitrogens with one attached hydrogen (secondary N) is 1. The third-order valence-electron chi connectivity index (χ3n) is 7.06. The number of piperazine rings is 1. The van der Waals surface area contributed by atoms with Crippen molar-refractivity contribution in [2.24, 2.45) is 0 Å². The molecular formula is C25H31N5O5S. The zero-order valence-electron chi connectivity index (χ0n) is 20.3. The van der Waals surface area contributed by atoms with Gasteiger partial charge in [-0.1, -0.05) is 30.3 Å². The molecular weight excluding hydrogens is 482 g/mol. The molecule has 3 amide bonds. The van der Waals surface area contributed by atoms with Crippen LogP contribution in [0.25, 0.3) is 0 Å². The predicted octanol–water partition coefficient (Wildman–Crippen LogP) is 1.89. The Kier molecular flexibility index (Phi) is 6.87. The van der Waals surface area contributed by atoms with Gasteiger partial charge in [-0.2, -0.15) is 0 Å². The summed E-state index contributed by atoms with van der Waals surface area (Å²) in [6.45, 7) is 5.38. The van der Waals surface area contributed by atoms with Crippen molar-refractivity contribution in [3.8, 4) is 0 Å². The standard InChI is InChI=1S/C25H31N5O5S/c1-27-11-13-28(14-12-27)15-16-35-25(32)29-10-9-20-17-21(7-8-23(20)29)36(33,34)30-18-22(26-24(30)31)19-5-3-2-4-6-19/h2-8,17,22H,9-16,18H2,1H3,(H,26,31)/t22-/m1/s1. The molecule has 3 heterocycles. The highest BCUT2D eigenvalue weighted by Gasteiger charge is 2.39. The van der Waals surface area contributed by atoms with Crippen LogP contribution in [0.5, 0.6) is 0 Å². The number of likely N-dealkylation sites (N-methyl/N-ethyl adjacent to an activating group) is 1. The molecule has 5 rings (SSSR count). The van der Waals surface area contributed by atoms with Crippen LogP contribution in [-0.4, -0.2) is 94.1 Å². The summed E-state index contributed by atoms with van der Waals surface area (Å²) in [4.78, 5) is 31.4. The first-order chi connectivity index (χ1) is 17.3. The van der Waals surface area contributed by atoms with Crippen LogP contribution in [0.15, 0.2) is 53.4 Å². The molecule has 3 aliphatic heterocycles. The molecule has 1 N–H and O–H groups in total. The van der Waals surface area contributed by atoms with Crippen LogP contribution in [-0.2, 0) is 21.2 Å². The van der Waals surface area contributed by atoms with E-state index in [-0.39, 0.29) is 11.4 Å². The monoisotopic (exact) mass is 513 g/mol. The lowest BCUT2D eigenvalue weighted by Gasteiger charge is -2.32. The largest absolute Gasteiger partial charge is 0.448 e. The van der Waals surface area contributed by atoms with Crippen molar-refractivity contribution in [2.45, 2.75) is 17.4 Å². The highest BCUT2D eigenvalue weighted by atomic mass is 32.2. The fraction of sp³-hybridized carbons (Fsp3) is 0.440. The van der Waals surface area contributed by atoms with Gasteiger partial charge in [-0.3, -0.25) is 9.80 Å². The van der Waals surface area contributed by atoms with Gasteiger partial charge in [0.15, 0.2) is 0 Å². The van der Waals surface area contributed by atoms with Crippen LogP contribution in [0.1, 0.15) is 17.2 Å². The second-order valence-electron chi connectivity index (χ2n) is 9.40. The number of fused-ring (bicyclic) bond motifs is 1. The number of amides is 3. The van der Waals surface area contributed by atoms with Crippen molar-refractivity contribution in [3.05, 3.63) is 59.7 Å². The normalized spacial score (nSPS) is 20.9. The number of ether oxygens (including phenoxy) is 1. The highest BCUT2D eigenvalue weighted by molar-refractivity contribution is 7.89. The van der Waals surface area contributed by atoms with E-state index in [4.69, 9.17) is 4.74 Å². The minimum Gasteiger partial charge on any atom is -0.448 e. The SMILES string of the molecule is CN1CCN(CCOC(=O)N2CCc3cc(S(=O)(=O)N4C[C@H](c5ccccc5)NC4=O)ccc32)CC1. The van der Waals surface area contributed by atoms with E-state index in [9.17, 15) is 18.0 Å². The van der Waals surface area contributed by atoms with E-state index in [0.29, 0.717) is 31.8 Å². The van der Waals surface area contributed by atoms with Crippen molar-refractivity contribution < 1.29 is 22.7 Å². The summed E-state index contributed by atoms with van der Waals surface area (Å²) < 4.78 is 33.0. The number of anilines is 1. The first-order valence-corrected chi connectivity index (χ1v) is 13.6. The van der Waals surface area contributed by atoms with Crippen LogP contribution < -0.4 is 10.2 Å². The lowest BCUT2D eigenvalue weighted by atomic mass is 10.1. The molecule has 0 unspecified atom stereocenters. The van der Waals surface area contributed by atoms with Gasteiger partial charge >= 0.3 is 12.1 Å². The average molecular weight is 514 g/mol. The Hall–Kier alpha value is -3.15. The Morgan fingerprint density at radius 2 is 1.81 bits per heavy atom. The summed E-state index contributed by atoms with van der Waals surface area (Å²) in [6, 6.07) is 12.9. The summed E-state index contributed by atoms with van der Waals surface area (Å²) in [6.07, 6.45) is 0.0913. The van der Waals surface area contributed by atoms with E-state index in [1.807, 2.05) is 30.3 Å². The summed E-state index contributed by atoms with van der Waals surface area (Å²) in [5, 5.41) is 2.75. The maximum absolute atomic E-state index is 13.3. The molecule has 0 bridgehead atoms. The van der Waals surface area contributed by atoms with Gasteiger partial charge in [-0.15, -0.1) is 0 Å². The van der Waals surface area contributed by atoms with Crippen LogP contribution in [0.2, 0.25) is 0 Å². The molecule has 11 heteroatoms. The van der Waals surface area contributed by atoms with Crippen molar-refractivity contribution in [1.29, 1.82) is 0 Å². The van der Waals surface area contributed by atoms with Crippen LogP contribution in [0.3, 0.4) is 0 Å². The van der Waals surface area contributed by atoms with E-state index in [0.717, 1.165) is 41.6 Å². The van der Waals surface area contributed by atoms with E-state index < -0.39 is 28.2 Å². The number of carbonyl (C=O) groups is 2.